The molecule has 5 nitrogen and oxygen atoms in total. The summed E-state index contributed by atoms with van der Waals surface area (Å²) in [5.74, 6) is 0.513. The molecule has 3 amide bonds. The molecule has 0 aliphatic heterocycles. The highest BCUT2D eigenvalue weighted by molar-refractivity contribution is 7.98. The molecular weight excluding hydrogens is 310 g/mol. The van der Waals surface area contributed by atoms with Gasteiger partial charge < -0.3 is 16.4 Å². The van der Waals surface area contributed by atoms with E-state index in [-0.39, 0.29) is 11.9 Å². The Labute approximate surface area is 134 Å². The standard InChI is InChI=1S/C14H20ClN3O2S/c1-9(10-3-5-11(15)6-4-10)17-13(19)12(7-8-21-2)18-14(16)20/h3-6,9,12H,7-8H2,1-2H3,(H,17,19)(H3,16,18,20). The van der Waals surface area contributed by atoms with Crippen LogP contribution in [0.25, 0.3) is 0 Å². The van der Waals surface area contributed by atoms with Crippen molar-refractivity contribution in [1.82, 2.24) is 10.6 Å². The summed E-state index contributed by atoms with van der Waals surface area (Å²) in [6, 6.07) is 5.75. The number of nitrogens with one attached hydrogen (secondary N) is 2. The van der Waals surface area contributed by atoms with E-state index >= 15 is 0 Å². The molecule has 0 heterocycles. The molecule has 116 valence electrons. The van der Waals surface area contributed by atoms with Gasteiger partial charge in [-0.25, -0.2) is 4.79 Å². The first kappa shape index (κ1) is 17.7. The van der Waals surface area contributed by atoms with E-state index in [0.29, 0.717) is 11.4 Å². The minimum atomic E-state index is -0.699. The fourth-order valence-corrected chi connectivity index (χ4v) is 2.42. The van der Waals surface area contributed by atoms with Crippen molar-refractivity contribution in [1.29, 1.82) is 0 Å². The van der Waals surface area contributed by atoms with Crippen LogP contribution in [0, 0.1) is 0 Å². The molecule has 0 aliphatic rings. The van der Waals surface area contributed by atoms with E-state index in [0.717, 1.165) is 11.3 Å². The van der Waals surface area contributed by atoms with Gasteiger partial charge in [0.15, 0.2) is 0 Å². The quantitative estimate of drug-likeness (QED) is 0.717. The number of amides is 3. The van der Waals surface area contributed by atoms with Crippen molar-refractivity contribution < 1.29 is 9.59 Å². The van der Waals surface area contributed by atoms with E-state index in [1.54, 1.807) is 23.9 Å². The molecule has 0 fully saturated rings. The van der Waals surface area contributed by atoms with Crippen molar-refractivity contribution in [2.75, 3.05) is 12.0 Å². The first-order valence-electron chi connectivity index (χ1n) is 6.54. The van der Waals surface area contributed by atoms with Crippen molar-refractivity contribution >= 4 is 35.3 Å². The van der Waals surface area contributed by atoms with Gasteiger partial charge >= 0.3 is 6.03 Å². The Bertz CT molecular complexity index is 482. The molecule has 7 heteroatoms. The predicted octanol–water partition coefficient (Wildman–Crippen LogP) is 2.31. The number of benzene rings is 1. The Morgan fingerprint density at radius 1 is 1.29 bits per heavy atom. The highest BCUT2D eigenvalue weighted by Gasteiger charge is 2.21. The lowest BCUT2D eigenvalue weighted by Crippen LogP contribution is -2.49. The van der Waals surface area contributed by atoms with Crippen LogP contribution in [0.2, 0.25) is 5.02 Å². The van der Waals surface area contributed by atoms with Gasteiger partial charge in [-0.2, -0.15) is 11.8 Å². The summed E-state index contributed by atoms with van der Waals surface area (Å²) in [5.41, 5.74) is 6.05. The van der Waals surface area contributed by atoms with Crippen molar-refractivity contribution in [3.63, 3.8) is 0 Å². The number of carbonyl (C=O) groups is 2. The number of halogens is 1. The van der Waals surface area contributed by atoms with Crippen molar-refractivity contribution in [2.24, 2.45) is 5.73 Å². The van der Waals surface area contributed by atoms with Gasteiger partial charge in [-0.3, -0.25) is 4.79 Å². The van der Waals surface area contributed by atoms with Gasteiger partial charge in [-0.1, -0.05) is 23.7 Å². The third-order valence-corrected chi connectivity index (χ3v) is 3.87. The summed E-state index contributed by atoms with van der Waals surface area (Å²) in [6.07, 6.45) is 2.47. The van der Waals surface area contributed by atoms with Crippen LogP contribution in [-0.2, 0) is 4.79 Å². The molecule has 0 radical (unpaired) electrons. The zero-order valence-electron chi connectivity index (χ0n) is 12.1. The van der Waals surface area contributed by atoms with Crippen LogP contribution in [0.4, 0.5) is 4.79 Å². The maximum atomic E-state index is 12.2. The third-order valence-electron chi connectivity index (χ3n) is 2.97. The molecule has 1 rings (SSSR count). The van der Waals surface area contributed by atoms with Crippen LogP contribution in [0.5, 0.6) is 0 Å². The van der Waals surface area contributed by atoms with Crippen LogP contribution < -0.4 is 16.4 Å². The van der Waals surface area contributed by atoms with Gasteiger partial charge in [0.2, 0.25) is 5.91 Å². The maximum absolute atomic E-state index is 12.2. The fraction of sp³-hybridized carbons (Fsp3) is 0.429. The van der Waals surface area contributed by atoms with Crippen LogP contribution in [0.15, 0.2) is 24.3 Å². The van der Waals surface area contributed by atoms with Crippen LogP contribution in [0.3, 0.4) is 0 Å². The average Bonchev–Trinajstić information content (AvgIpc) is 2.43. The van der Waals surface area contributed by atoms with Gasteiger partial charge in [0.05, 0.1) is 6.04 Å². The predicted molar refractivity (Wildman–Crippen MR) is 87.5 cm³/mol. The molecule has 21 heavy (non-hydrogen) atoms. The topological polar surface area (TPSA) is 84.2 Å². The van der Waals surface area contributed by atoms with Gasteiger partial charge in [-0.05, 0) is 43.0 Å². The van der Waals surface area contributed by atoms with E-state index < -0.39 is 12.1 Å². The summed E-state index contributed by atoms with van der Waals surface area (Å²) in [4.78, 5) is 23.2. The molecule has 0 aromatic heterocycles. The third kappa shape index (κ3) is 6.27. The molecule has 4 N–H and O–H groups in total. The van der Waals surface area contributed by atoms with Gasteiger partial charge in [-0.15, -0.1) is 0 Å². The molecule has 2 unspecified atom stereocenters. The molecule has 1 aromatic carbocycles. The van der Waals surface area contributed by atoms with Crippen LogP contribution >= 0.6 is 23.4 Å². The van der Waals surface area contributed by atoms with E-state index in [9.17, 15) is 9.59 Å². The second-order valence-corrected chi connectivity index (χ2v) is 6.05. The Hall–Kier alpha value is -1.40. The number of thioether (sulfide) groups is 1. The zero-order chi connectivity index (χ0) is 15.8. The number of rotatable bonds is 7. The summed E-state index contributed by atoms with van der Waals surface area (Å²) >= 11 is 7.44. The Morgan fingerprint density at radius 2 is 1.90 bits per heavy atom. The van der Waals surface area contributed by atoms with Crippen molar-refractivity contribution in [3.05, 3.63) is 34.9 Å². The number of hydrogen-bond donors (Lipinski definition) is 3. The minimum Gasteiger partial charge on any atom is -0.352 e. The SMILES string of the molecule is CSCCC(NC(N)=O)C(=O)NC(C)c1ccc(Cl)cc1. The number of carbonyl (C=O) groups excluding carboxylic acids is 2. The Balaban J connectivity index is 2.66. The van der Waals surface area contributed by atoms with Gasteiger partial charge in [0.1, 0.15) is 6.04 Å². The van der Waals surface area contributed by atoms with Crippen LogP contribution in [-0.4, -0.2) is 30.0 Å². The molecule has 0 saturated carbocycles. The number of primary amides is 1. The Morgan fingerprint density at radius 3 is 2.43 bits per heavy atom. The number of hydrogen-bond acceptors (Lipinski definition) is 3. The second-order valence-electron chi connectivity index (χ2n) is 4.62. The van der Waals surface area contributed by atoms with E-state index in [4.69, 9.17) is 17.3 Å². The Kier molecular flexibility index (Phi) is 7.39. The summed E-state index contributed by atoms with van der Waals surface area (Å²) in [7, 11) is 0. The largest absolute Gasteiger partial charge is 0.352 e. The average molecular weight is 330 g/mol. The number of urea groups is 1. The molecule has 0 aliphatic carbocycles. The minimum absolute atomic E-state index is 0.179. The summed E-state index contributed by atoms with van der Waals surface area (Å²) in [5, 5.41) is 5.99. The lowest BCUT2D eigenvalue weighted by Gasteiger charge is -2.20. The van der Waals surface area contributed by atoms with Crippen molar-refractivity contribution in [3.8, 4) is 0 Å². The highest BCUT2D eigenvalue weighted by Crippen LogP contribution is 2.16. The van der Waals surface area contributed by atoms with Gasteiger partial charge in [0.25, 0.3) is 0 Å². The number of nitrogens with two attached hydrogens (primary N) is 1. The van der Waals surface area contributed by atoms with E-state index in [1.165, 1.54) is 0 Å². The maximum Gasteiger partial charge on any atom is 0.312 e. The van der Waals surface area contributed by atoms with E-state index in [2.05, 4.69) is 10.6 Å². The summed E-state index contributed by atoms with van der Waals surface area (Å²) in [6.45, 7) is 1.87. The van der Waals surface area contributed by atoms with Crippen LogP contribution in [0.1, 0.15) is 24.9 Å². The molecule has 0 spiro atoms. The molecule has 2 atom stereocenters. The smallest absolute Gasteiger partial charge is 0.312 e. The second kappa shape index (κ2) is 8.79. The first-order chi connectivity index (χ1) is 9.93. The monoisotopic (exact) mass is 329 g/mol. The molecule has 0 saturated heterocycles. The van der Waals surface area contributed by atoms with Crippen molar-refractivity contribution in [2.45, 2.75) is 25.4 Å². The normalized spacial score (nSPS) is 13.3. The fourth-order valence-electron chi connectivity index (χ4n) is 1.83. The van der Waals surface area contributed by atoms with E-state index in [1.807, 2.05) is 25.3 Å². The molecule has 0 bridgehead atoms. The summed E-state index contributed by atoms with van der Waals surface area (Å²) < 4.78 is 0. The zero-order valence-corrected chi connectivity index (χ0v) is 13.6. The lowest BCUT2D eigenvalue weighted by atomic mass is 10.1. The lowest BCUT2D eigenvalue weighted by molar-refractivity contribution is -0.123. The highest BCUT2D eigenvalue weighted by atomic mass is 35.5. The molecular formula is C14H20ClN3O2S. The van der Waals surface area contributed by atoms with Gasteiger partial charge in [0, 0.05) is 5.02 Å². The molecule has 1 aromatic rings. The first-order valence-corrected chi connectivity index (χ1v) is 8.32.